The molecule has 1 unspecified atom stereocenters. The molecule has 0 aliphatic carbocycles. The molecular weight excluding hydrogens is 412 g/mol. The van der Waals surface area contributed by atoms with Crippen LogP contribution in [0.4, 0.5) is 15.3 Å². The molecule has 1 spiro atoms. The Labute approximate surface area is 179 Å². The minimum Gasteiger partial charge on any atom is -0.450 e. The number of anilines is 1. The van der Waals surface area contributed by atoms with Crippen molar-refractivity contribution in [1.29, 1.82) is 0 Å². The fourth-order valence-electron chi connectivity index (χ4n) is 4.77. The summed E-state index contributed by atoms with van der Waals surface area (Å²) in [7, 11) is 2.76. The molecule has 1 aromatic rings. The highest BCUT2D eigenvalue weighted by Crippen LogP contribution is 2.47. The Morgan fingerprint density at radius 1 is 1.17 bits per heavy atom. The lowest BCUT2D eigenvalue weighted by molar-refractivity contribution is -0.160. The second kappa shape index (κ2) is 7.16. The molecule has 1 atom stereocenters. The molecule has 2 saturated heterocycles. The Balaban J connectivity index is 1.85. The number of benzene rings is 1. The third-order valence-electron chi connectivity index (χ3n) is 6.25. The number of piperazine rings is 1. The highest BCUT2D eigenvalue weighted by atomic mass is 35.5. The molecule has 0 saturated carbocycles. The Morgan fingerprint density at radius 2 is 1.83 bits per heavy atom. The van der Waals surface area contributed by atoms with Crippen LogP contribution in [0.2, 0.25) is 5.02 Å². The standard InChI is InChI=1S/C20H23ClN4O5/c1-4-30-19(29)24-7-8-25-14-9-13(21)6-5-12(14)10-20(15(25)11-24)16(26)22(2)18(28)23(3)17(20)27/h5-6,9,15H,4,7-8,10-11H2,1-3H3. The number of fused-ring (bicyclic) bond motifs is 4. The van der Waals surface area contributed by atoms with Crippen LogP contribution in [0.5, 0.6) is 0 Å². The minimum atomic E-state index is -1.52. The zero-order valence-electron chi connectivity index (χ0n) is 17.1. The topological polar surface area (TPSA) is 90.5 Å². The monoisotopic (exact) mass is 434 g/mol. The number of ether oxygens (including phenoxy) is 1. The summed E-state index contributed by atoms with van der Waals surface area (Å²) in [5, 5.41) is 0.544. The lowest BCUT2D eigenvalue weighted by Gasteiger charge is -2.55. The predicted molar refractivity (Wildman–Crippen MR) is 108 cm³/mol. The normalized spacial score (nSPS) is 22.9. The van der Waals surface area contributed by atoms with Crippen molar-refractivity contribution in [2.45, 2.75) is 19.4 Å². The van der Waals surface area contributed by atoms with E-state index in [0.717, 1.165) is 21.1 Å². The Morgan fingerprint density at radius 3 is 2.47 bits per heavy atom. The van der Waals surface area contributed by atoms with Gasteiger partial charge in [0.15, 0.2) is 5.41 Å². The minimum absolute atomic E-state index is 0.122. The average Bonchev–Trinajstić information content (AvgIpc) is 2.75. The maximum atomic E-state index is 13.5. The van der Waals surface area contributed by atoms with E-state index >= 15 is 0 Å². The van der Waals surface area contributed by atoms with Crippen molar-refractivity contribution < 1.29 is 23.9 Å². The van der Waals surface area contributed by atoms with Gasteiger partial charge in [-0.2, -0.15) is 0 Å². The van der Waals surface area contributed by atoms with Crippen LogP contribution in [-0.4, -0.2) is 85.0 Å². The lowest BCUT2D eigenvalue weighted by Crippen LogP contribution is -2.75. The van der Waals surface area contributed by atoms with Crippen molar-refractivity contribution in [3.63, 3.8) is 0 Å². The van der Waals surface area contributed by atoms with E-state index in [2.05, 4.69) is 0 Å². The van der Waals surface area contributed by atoms with Gasteiger partial charge >= 0.3 is 12.1 Å². The highest BCUT2D eigenvalue weighted by Gasteiger charge is 2.64. The van der Waals surface area contributed by atoms with Gasteiger partial charge in [-0.25, -0.2) is 9.59 Å². The molecule has 0 bridgehead atoms. The van der Waals surface area contributed by atoms with E-state index < -0.39 is 35.4 Å². The van der Waals surface area contributed by atoms with Crippen LogP contribution in [0.1, 0.15) is 12.5 Å². The van der Waals surface area contributed by atoms with Gasteiger partial charge in [-0.05, 0) is 31.0 Å². The van der Waals surface area contributed by atoms with Crippen molar-refractivity contribution in [2.24, 2.45) is 5.41 Å². The molecule has 5 amide bonds. The summed E-state index contributed by atoms with van der Waals surface area (Å²) in [6.07, 6.45) is -0.366. The van der Waals surface area contributed by atoms with E-state index in [1.807, 2.05) is 17.0 Å². The number of amides is 5. The van der Waals surface area contributed by atoms with Gasteiger partial charge in [-0.3, -0.25) is 19.4 Å². The molecule has 0 N–H and O–H groups in total. The van der Waals surface area contributed by atoms with Gasteiger partial charge in [0.05, 0.1) is 12.6 Å². The molecular formula is C20H23ClN4O5. The predicted octanol–water partition coefficient (Wildman–Crippen LogP) is 1.58. The summed E-state index contributed by atoms with van der Waals surface area (Å²) < 4.78 is 5.14. The zero-order chi connectivity index (χ0) is 21.8. The second-order valence-electron chi connectivity index (χ2n) is 7.79. The number of carbonyl (C=O) groups excluding carboxylic acids is 4. The Kier molecular flexibility index (Phi) is 4.88. The van der Waals surface area contributed by atoms with Gasteiger partial charge < -0.3 is 14.5 Å². The first-order valence-corrected chi connectivity index (χ1v) is 10.2. The van der Waals surface area contributed by atoms with Gasteiger partial charge in [0.1, 0.15) is 0 Å². The highest BCUT2D eigenvalue weighted by molar-refractivity contribution is 6.31. The lowest BCUT2D eigenvalue weighted by atomic mass is 9.67. The van der Waals surface area contributed by atoms with Crippen molar-refractivity contribution in [1.82, 2.24) is 14.7 Å². The van der Waals surface area contributed by atoms with Crippen LogP contribution >= 0.6 is 11.6 Å². The number of carbonyl (C=O) groups is 4. The second-order valence-corrected chi connectivity index (χ2v) is 8.22. The third kappa shape index (κ3) is 2.75. The number of hydrogen-bond donors (Lipinski definition) is 0. The summed E-state index contributed by atoms with van der Waals surface area (Å²) >= 11 is 6.22. The summed E-state index contributed by atoms with van der Waals surface area (Å²) in [5.41, 5.74) is 0.117. The smallest absolute Gasteiger partial charge is 0.409 e. The number of imide groups is 2. The van der Waals surface area contributed by atoms with Gasteiger partial charge in [-0.15, -0.1) is 0 Å². The molecule has 4 rings (SSSR count). The molecule has 3 heterocycles. The van der Waals surface area contributed by atoms with E-state index in [-0.39, 0.29) is 19.6 Å². The van der Waals surface area contributed by atoms with E-state index in [0.29, 0.717) is 18.1 Å². The van der Waals surface area contributed by atoms with Gasteiger partial charge in [0.2, 0.25) is 11.8 Å². The van der Waals surface area contributed by atoms with Crippen LogP contribution in [0.15, 0.2) is 18.2 Å². The first-order chi connectivity index (χ1) is 14.2. The van der Waals surface area contributed by atoms with Crippen molar-refractivity contribution >= 4 is 41.2 Å². The largest absolute Gasteiger partial charge is 0.450 e. The molecule has 160 valence electrons. The maximum absolute atomic E-state index is 13.5. The zero-order valence-corrected chi connectivity index (χ0v) is 17.8. The number of halogens is 1. The van der Waals surface area contributed by atoms with Crippen LogP contribution in [-0.2, 0) is 20.7 Å². The molecule has 30 heavy (non-hydrogen) atoms. The molecule has 0 aromatic heterocycles. The molecule has 3 aliphatic heterocycles. The summed E-state index contributed by atoms with van der Waals surface area (Å²) in [6.45, 7) is 2.85. The SMILES string of the molecule is CCOC(=O)N1CCN2c3cc(Cl)ccc3CC3(C(=O)N(C)C(=O)N(C)C3=O)C2C1. The fourth-order valence-corrected chi connectivity index (χ4v) is 4.94. The first kappa shape index (κ1) is 20.5. The van der Waals surface area contributed by atoms with E-state index in [1.54, 1.807) is 13.0 Å². The maximum Gasteiger partial charge on any atom is 0.409 e. The first-order valence-electron chi connectivity index (χ1n) is 9.79. The van der Waals surface area contributed by atoms with Crippen LogP contribution < -0.4 is 4.90 Å². The van der Waals surface area contributed by atoms with Gasteiger partial charge in [0, 0.05) is 44.4 Å². The van der Waals surface area contributed by atoms with Gasteiger partial charge in [0.25, 0.3) is 0 Å². The molecule has 0 radical (unpaired) electrons. The summed E-state index contributed by atoms with van der Waals surface area (Å²) in [4.78, 5) is 57.2. The van der Waals surface area contributed by atoms with Crippen LogP contribution in [0.3, 0.4) is 0 Å². The van der Waals surface area contributed by atoms with Crippen LogP contribution in [0.25, 0.3) is 0 Å². The quantitative estimate of drug-likeness (QED) is 0.623. The Bertz CT molecular complexity index is 927. The van der Waals surface area contributed by atoms with Crippen molar-refractivity contribution in [2.75, 3.05) is 45.2 Å². The van der Waals surface area contributed by atoms with E-state index in [1.165, 1.54) is 19.0 Å². The number of urea groups is 1. The van der Waals surface area contributed by atoms with Crippen molar-refractivity contribution in [3.05, 3.63) is 28.8 Å². The average molecular weight is 435 g/mol. The summed E-state index contributed by atoms with van der Waals surface area (Å²) in [6, 6.07) is 4.03. The molecule has 2 fully saturated rings. The van der Waals surface area contributed by atoms with Gasteiger partial charge in [-0.1, -0.05) is 17.7 Å². The molecule has 1 aromatic carbocycles. The Hall–Kier alpha value is -2.81. The fraction of sp³-hybridized carbons (Fsp3) is 0.500. The van der Waals surface area contributed by atoms with Crippen LogP contribution in [0, 0.1) is 5.41 Å². The molecule has 10 heteroatoms. The number of nitrogens with zero attached hydrogens (tertiary/aromatic N) is 4. The molecule has 3 aliphatic rings. The number of barbiturate groups is 1. The molecule has 9 nitrogen and oxygen atoms in total. The summed E-state index contributed by atoms with van der Waals surface area (Å²) in [5.74, 6) is -1.12. The third-order valence-corrected chi connectivity index (χ3v) is 6.48. The number of rotatable bonds is 1. The van der Waals surface area contributed by atoms with Crippen molar-refractivity contribution in [3.8, 4) is 0 Å². The number of hydrogen-bond acceptors (Lipinski definition) is 6. The van der Waals surface area contributed by atoms with E-state index in [9.17, 15) is 19.2 Å². The van der Waals surface area contributed by atoms with E-state index in [4.69, 9.17) is 16.3 Å².